The summed E-state index contributed by atoms with van der Waals surface area (Å²) in [7, 11) is 0. The molecular weight excluding hydrogens is 236 g/mol. The van der Waals surface area contributed by atoms with Gasteiger partial charge in [-0.05, 0) is 18.2 Å². The molecule has 0 saturated heterocycles. The molecule has 0 unspecified atom stereocenters. The van der Waals surface area contributed by atoms with E-state index in [2.05, 4.69) is 4.98 Å². The second-order valence-electron chi connectivity index (χ2n) is 2.99. The average molecular weight is 242 g/mol. The van der Waals surface area contributed by atoms with E-state index in [1.807, 2.05) is 0 Å². The Kier molecular flexibility index (Phi) is 2.89. The van der Waals surface area contributed by atoms with Crippen molar-refractivity contribution in [3.63, 3.8) is 0 Å². The smallest absolute Gasteiger partial charge is 0.142 e. The Morgan fingerprint density at radius 2 is 1.73 bits per heavy atom. The zero-order chi connectivity index (χ0) is 10.8. The highest BCUT2D eigenvalue weighted by atomic mass is 35.5. The summed E-state index contributed by atoms with van der Waals surface area (Å²) < 4.78 is 13.0. The number of halogens is 3. The average Bonchev–Trinajstić information content (AvgIpc) is 2.17. The predicted octanol–water partition coefficient (Wildman–Crippen LogP) is 4.19. The number of rotatable bonds is 1. The second-order valence-corrected chi connectivity index (χ2v) is 3.80. The molecule has 2 rings (SSSR count). The zero-order valence-electron chi connectivity index (χ0n) is 7.55. The number of benzene rings is 1. The molecule has 0 aliphatic heterocycles. The Bertz CT molecular complexity index is 479. The van der Waals surface area contributed by atoms with Gasteiger partial charge in [-0.3, -0.25) is 4.98 Å². The van der Waals surface area contributed by atoms with Crippen molar-refractivity contribution in [2.75, 3.05) is 0 Å². The van der Waals surface area contributed by atoms with Crippen molar-refractivity contribution in [1.82, 2.24) is 4.98 Å². The lowest BCUT2D eigenvalue weighted by Gasteiger charge is -2.06. The normalized spacial score (nSPS) is 10.3. The van der Waals surface area contributed by atoms with Gasteiger partial charge < -0.3 is 0 Å². The molecular formula is C11H6Cl2FN. The first kappa shape index (κ1) is 10.4. The molecule has 0 spiro atoms. The number of hydrogen-bond acceptors (Lipinski definition) is 1. The van der Waals surface area contributed by atoms with Gasteiger partial charge in [0.1, 0.15) is 5.82 Å². The number of nitrogens with zero attached hydrogens (tertiary/aromatic N) is 1. The third kappa shape index (κ3) is 2.11. The lowest BCUT2D eigenvalue weighted by atomic mass is 10.1. The maximum atomic E-state index is 13.0. The standard InChI is InChI=1S/C11H6Cl2FN/c12-9-2-1-3-10(13)11(9)7-4-8(14)6-15-5-7/h1-6H. The highest BCUT2D eigenvalue weighted by molar-refractivity contribution is 6.39. The molecule has 1 nitrogen and oxygen atoms in total. The topological polar surface area (TPSA) is 12.9 Å². The number of hydrogen-bond donors (Lipinski definition) is 0. The van der Waals surface area contributed by atoms with E-state index in [1.165, 1.54) is 12.3 Å². The van der Waals surface area contributed by atoms with Gasteiger partial charge in [0.05, 0.1) is 6.20 Å². The van der Waals surface area contributed by atoms with Crippen LogP contribution in [0.15, 0.2) is 36.7 Å². The van der Waals surface area contributed by atoms with E-state index in [1.54, 1.807) is 18.2 Å². The first-order chi connectivity index (χ1) is 7.18. The molecule has 76 valence electrons. The minimum Gasteiger partial charge on any atom is -0.261 e. The SMILES string of the molecule is Fc1cncc(-c2c(Cl)cccc2Cl)c1. The highest BCUT2D eigenvalue weighted by Crippen LogP contribution is 2.34. The molecule has 0 amide bonds. The molecule has 4 heteroatoms. The van der Waals surface area contributed by atoms with Crippen molar-refractivity contribution in [2.45, 2.75) is 0 Å². The summed E-state index contributed by atoms with van der Waals surface area (Å²) in [5.74, 6) is -0.413. The molecule has 2 aromatic rings. The molecule has 0 aliphatic rings. The lowest BCUT2D eigenvalue weighted by molar-refractivity contribution is 0.622. The van der Waals surface area contributed by atoms with Crippen LogP contribution in [0.4, 0.5) is 4.39 Å². The quantitative estimate of drug-likeness (QED) is 0.730. The summed E-state index contributed by atoms with van der Waals surface area (Å²) in [5, 5.41) is 0.963. The van der Waals surface area contributed by atoms with Crippen LogP contribution in [-0.4, -0.2) is 4.98 Å². The lowest BCUT2D eigenvalue weighted by Crippen LogP contribution is -1.85. The second kappa shape index (κ2) is 4.17. The van der Waals surface area contributed by atoms with Gasteiger partial charge >= 0.3 is 0 Å². The van der Waals surface area contributed by atoms with Crippen molar-refractivity contribution < 1.29 is 4.39 Å². The van der Waals surface area contributed by atoms with Crippen LogP contribution >= 0.6 is 23.2 Å². The summed E-state index contributed by atoms with van der Waals surface area (Å²) >= 11 is 12.0. The van der Waals surface area contributed by atoms with Crippen LogP contribution in [0.25, 0.3) is 11.1 Å². The van der Waals surface area contributed by atoms with E-state index in [0.717, 1.165) is 6.20 Å². The molecule has 15 heavy (non-hydrogen) atoms. The van der Waals surface area contributed by atoms with E-state index < -0.39 is 5.82 Å². The zero-order valence-corrected chi connectivity index (χ0v) is 9.06. The summed E-state index contributed by atoms with van der Waals surface area (Å²) in [6, 6.07) is 6.49. The summed E-state index contributed by atoms with van der Waals surface area (Å²) in [4.78, 5) is 3.75. The molecule has 0 radical (unpaired) electrons. The minimum atomic E-state index is -0.413. The van der Waals surface area contributed by atoms with Gasteiger partial charge in [0, 0.05) is 27.4 Å². The van der Waals surface area contributed by atoms with E-state index in [9.17, 15) is 4.39 Å². The van der Waals surface area contributed by atoms with Gasteiger partial charge in [0.15, 0.2) is 0 Å². The van der Waals surface area contributed by atoms with Gasteiger partial charge in [-0.15, -0.1) is 0 Å². The van der Waals surface area contributed by atoms with Crippen LogP contribution in [0.2, 0.25) is 10.0 Å². The molecule has 1 aromatic heterocycles. The molecule has 0 saturated carbocycles. The van der Waals surface area contributed by atoms with Gasteiger partial charge in [0.25, 0.3) is 0 Å². The van der Waals surface area contributed by atoms with Crippen molar-refractivity contribution in [2.24, 2.45) is 0 Å². The van der Waals surface area contributed by atoms with Crippen LogP contribution in [-0.2, 0) is 0 Å². The van der Waals surface area contributed by atoms with Crippen LogP contribution < -0.4 is 0 Å². The van der Waals surface area contributed by atoms with E-state index >= 15 is 0 Å². The molecule has 0 N–H and O–H groups in total. The third-order valence-electron chi connectivity index (χ3n) is 1.96. The van der Waals surface area contributed by atoms with Crippen molar-refractivity contribution in [3.8, 4) is 11.1 Å². The van der Waals surface area contributed by atoms with E-state index in [-0.39, 0.29) is 0 Å². The van der Waals surface area contributed by atoms with Crippen LogP contribution in [0.1, 0.15) is 0 Å². The fourth-order valence-electron chi connectivity index (χ4n) is 1.32. The molecule has 0 aliphatic carbocycles. The Hall–Kier alpha value is -1.12. The summed E-state index contributed by atoms with van der Waals surface area (Å²) in [5.41, 5.74) is 1.18. The molecule has 0 fully saturated rings. The largest absolute Gasteiger partial charge is 0.261 e. The Morgan fingerprint density at radius 1 is 1.07 bits per heavy atom. The van der Waals surface area contributed by atoms with Gasteiger partial charge in [-0.2, -0.15) is 0 Å². The maximum absolute atomic E-state index is 13.0. The first-order valence-corrected chi connectivity index (χ1v) is 4.99. The van der Waals surface area contributed by atoms with Crippen molar-refractivity contribution in [3.05, 3.63) is 52.5 Å². The van der Waals surface area contributed by atoms with Crippen LogP contribution in [0.3, 0.4) is 0 Å². The molecule has 0 bridgehead atoms. The van der Waals surface area contributed by atoms with Crippen LogP contribution in [0.5, 0.6) is 0 Å². The Labute approximate surface area is 96.5 Å². The fourth-order valence-corrected chi connectivity index (χ4v) is 1.94. The van der Waals surface area contributed by atoms with Crippen molar-refractivity contribution >= 4 is 23.2 Å². The Morgan fingerprint density at radius 3 is 2.33 bits per heavy atom. The van der Waals surface area contributed by atoms with Gasteiger partial charge in [0.2, 0.25) is 0 Å². The minimum absolute atomic E-state index is 0.413. The third-order valence-corrected chi connectivity index (χ3v) is 2.59. The predicted molar refractivity (Wildman–Crippen MR) is 59.7 cm³/mol. The maximum Gasteiger partial charge on any atom is 0.142 e. The number of pyridine rings is 1. The van der Waals surface area contributed by atoms with Gasteiger partial charge in [-0.25, -0.2) is 4.39 Å². The van der Waals surface area contributed by atoms with Crippen molar-refractivity contribution in [1.29, 1.82) is 0 Å². The monoisotopic (exact) mass is 241 g/mol. The van der Waals surface area contributed by atoms with Crippen LogP contribution in [0, 0.1) is 5.82 Å². The highest BCUT2D eigenvalue weighted by Gasteiger charge is 2.08. The molecule has 0 atom stereocenters. The number of aromatic nitrogens is 1. The summed E-state index contributed by atoms with van der Waals surface area (Å²) in [6.07, 6.45) is 2.66. The van der Waals surface area contributed by atoms with E-state index in [0.29, 0.717) is 21.2 Å². The fraction of sp³-hybridized carbons (Fsp3) is 0. The molecule has 1 aromatic carbocycles. The molecule has 1 heterocycles. The van der Waals surface area contributed by atoms with E-state index in [4.69, 9.17) is 23.2 Å². The summed E-state index contributed by atoms with van der Waals surface area (Å²) in [6.45, 7) is 0. The van der Waals surface area contributed by atoms with Gasteiger partial charge in [-0.1, -0.05) is 29.3 Å². The Balaban J connectivity index is 2.63. The first-order valence-electron chi connectivity index (χ1n) is 4.23.